The first-order valence-corrected chi connectivity index (χ1v) is 6.91. The highest BCUT2D eigenvalue weighted by molar-refractivity contribution is 5.92. The molecule has 0 fully saturated rings. The van der Waals surface area contributed by atoms with Crippen LogP contribution in [0.15, 0.2) is 36.4 Å². The van der Waals surface area contributed by atoms with Crippen LogP contribution in [0.3, 0.4) is 0 Å². The van der Waals surface area contributed by atoms with Crippen molar-refractivity contribution in [3.8, 4) is 22.6 Å². The Hall–Kier alpha value is -2.56. The van der Waals surface area contributed by atoms with Gasteiger partial charge >= 0.3 is 5.97 Å². The summed E-state index contributed by atoms with van der Waals surface area (Å²) >= 11 is 0. The maximum Gasteiger partial charge on any atom is 0.339 e. The first-order chi connectivity index (χ1) is 10.6. The minimum Gasteiger partial charge on any atom is -0.494 e. The van der Waals surface area contributed by atoms with Gasteiger partial charge in [0.2, 0.25) is 0 Å². The van der Waals surface area contributed by atoms with Crippen LogP contribution in [0.25, 0.3) is 11.1 Å². The summed E-state index contributed by atoms with van der Waals surface area (Å²) in [5.41, 5.74) is 0.745. The van der Waals surface area contributed by atoms with Crippen LogP contribution < -0.4 is 9.47 Å². The van der Waals surface area contributed by atoms with Gasteiger partial charge < -0.3 is 14.6 Å². The zero-order valence-electron chi connectivity index (χ0n) is 12.4. The van der Waals surface area contributed by atoms with Gasteiger partial charge in [-0.25, -0.2) is 9.18 Å². The highest BCUT2D eigenvalue weighted by Gasteiger charge is 2.16. The Bertz CT molecular complexity index is 682. The van der Waals surface area contributed by atoms with Gasteiger partial charge in [-0.2, -0.15) is 0 Å². The van der Waals surface area contributed by atoms with Crippen LogP contribution in [0.1, 0.15) is 23.7 Å². The Labute approximate surface area is 128 Å². The second kappa shape index (κ2) is 6.93. The molecule has 0 aromatic heterocycles. The van der Waals surface area contributed by atoms with E-state index in [4.69, 9.17) is 9.47 Å². The average Bonchev–Trinajstić information content (AvgIpc) is 2.53. The maximum atomic E-state index is 14.3. The fraction of sp³-hybridized carbons (Fsp3) is 0.235. The van der Waals surface area contributed by atoms with E-state index in [9.17, 15) is 14.3 Å². The first kappa shape index (κ1) is 15.8. The topological polar surface area (TPSA) is 55.8 Å². The number of ether oxygens (including phenoxy) is 2. The molecule has 0 saturated heterocycles. The summed E-state index contributed by atoms with van der Waals surface area (Å²) in [5.74, 6) is -1.25. The lowest BCUT2D eigenvalue weighted by Gasteiger charge is -2.12. The van der Waals surface area contributed by atoms with E-state index >= 15 is 0 Å². The Morgan fingerprint density at radius 2 is 2.00 bits per heavy atom. The third kappa shape index (κ3) is 3.19. The van der Waals surface area contributed by atoms with Gasteiger partial charge in [0.25, 0.3) is 0 Å². The van der Waals surface area contributed by atoms with Crippen molar-refractivity contribution >= 4 is 5.97 Å². The summed E-state index contributed by atoms with van der Waals surface area (Å²) in [6.45, 7) is 2.35. The number of hydrogen-bond donors (Lipinski definition) is 1. The summed E-state index contributed by atoms with van der Waals surface area (Å²) < 4.78 is 24.7. The van der Waals surface area contributed by atoms with Crippen LogP contribution in [-0.4, -0.2) is 24.8 Å². The Balaban J connectivity index is 2.49. The highest BCUT2D eigenvalue weighted by atomic mass is 19.1. The molecule has 22 heavy (non-hydrogen) atoms. The molecule has 0 aliphatic heterocycles. The zero-order valence-corrected chi connectivity index (χ0v) is 12.4. The molecule has 0 unspecified atom stereocenters. The molecule has 2 aromatic carbocycles. The Kier molecular flexibility index (Phi) is 4.99. The van der Waals surface area contributed by atoms with Crippen molar-refractivity contribution in [3.63, 3.8) is 0 Å². The van der Waals surface area contributed by atoms with Crippen LogP contribution in [-0.2, 0) is 0 Å². The van der Waals surface area contributed by atoms with Crippen LogP contribution >= 0.6 is 0 Å². The number of carbonyl (C=O) groups is 1. The number of carboxylic acid groups (broad SMARTS) is 1. The van der Waals surface area contributed by atoms with Crippen molar-refractivity contribution in [2.45, 2.75) is 13.3 Å². The molecule has 0 atom stereocenters. The second-order valence-electron chi connectivity index (χ2n) is 4.69. The van der Waals surface area contributed by atoms with Crippen LogP contribution in [0.4, 0.5) is 4.39 Å². The van der Waals surface area contributed by atoms with E-state index in [2.05, 4.69) is 0 Å². The lowest BCUT2D eigenvalue weighted by atomic mass is 10.0. The molecular formula is C17H17FO4. The number of benzene rings is 2. The summed E-state index contributed by atoms with van der Waals surface area (Å²) in [4.78, 5) is 11.4. The van der Waals surface area contributed by atoms with Gasteiger partial charge in [0.15, 0.2) is 11.6 Å². The van der Waals surface area contributed by atoms with E-state index in [0.717, 1.165) is 6.42 Å². The summed E-state index contributed by atoms with van der Waals surface area (Å²) in [5, 5.41) is 9.31. The molecule has 2 rings (SSSR count). The first-order valence-electron chi connectivity index (χ1n) is 6.91. The molecule has 0 radical (unpaired) electrons. The Morgan fingerprint density at radius 3 is 2.64 bits per heavy atom. The second-order valence-corrected chi connectivity index (χ2v) is 4.69. The third-order valence-electron chi connectivity index (χ3n) is 3.17. The SMILES string of the molecule is CCCOc1ccc(-c2cccc(OC)c2F)cc1C(=O)O. The van der Waals surface area contributed by atoms with Gasteiger partial charge in [-0.05, 0) is 30.2 Å². The molecule has 116 valence electrons. The largest absolute Gasteiger partial charge is 0.494 e. The molecule has 0 aliphatic rings. The molecule has 5 heteroatoms. The molecular weight excluding hydrogens is 287 g/mol. The minimum atomic E-state index is -1.11. The van der Waals surface area contributed by atoms with Crippen molar-refractivity contribution in [3.05, 3.63) is 47.8 Å². The molecule has 2 aromatic rings. The molecule has 0 saturated carbocycles. The summed E-state index contributed by atoms with van der Waals surface area (Å²) in [6.07, 6.45) is 0.769. The predicted molar refractivity (Wildman–Crippen MR) is 81.1 cm³/mol. The smallest absolute Gasteiger partial charge is 0.339 e. The molecule has 0 heterocycles. The van der Waals surface area contributed by atoms with Crippen molar-refractivity contribution in [2.24, 2.45) is 0 Å². The lowest BCUT2D eigenvalue weighted by molar-refractivity contribution is 0.0692. The summed E-state index contributed by atoms with van der Waals surface area (Å²) in [7, 11) is 1.38. The number of methoxy groups -OCH3 is 1. The maximum absolute atomic E-state index is 14.3. The van der Waals surface area contributed by atoms with Crippen molar-refractivity contribution < 1.29 is 23.8 Å². The fourth-order valence-corrected chi connectivity index (χ4v) is 2.09. The van der Waals surface area contributed by atoms with E-state index in [0.29, 0.717) is 12.2 Å². The van der Waals surface area contributed by atoms with E-state index < -0.39 is 11.8 Å². The number of carboxylic acids is 1. The predicted octanol–water partition coefficient (Wildman–Crippen LogP) is 3.99. The fourth-order valence-electron chi connectivity index (χ4n) is 2.09. The van der Waals surface area contributed by atoms with E-state index in [1.165, 1.54) is 19.2 Å². The average molecular weight is 304 g/mol. The standard InChI is InChI=1S/C17H17FO4/c1-3-9-22-14-8-7-11(10-13(14)17(19)20)12-5-4-6-15(21-2)16(12)18/h4-8,10H,3,9H2,1-2H3,(H,19,20). The van der Waals surface area contributed by atoms with Crippen LogP contribution in [0, 0.1) is 5.82 Å². The van der Waals surface area contributed by atoms with Gasteiger partial charge in [0.05, 0.1) is 13.7 Å². The molecule has 1 N–H and O–H groups in total. The third-order valence-corrected chi connectivity index (χ3v) is 3.17. The van der Waals surface area contributed by atoms with E-state index in [1.54, 1.807) is 24.3 Å². The van der Waals surface area contributed by atoms with Crippen LogP contribution in [0.2, 0.25) is 0 Å². The summed E-state index contributed by atoms with van der Waals surface area (Å²) in [6, 6.07) is 9.33. The van der Waals surface area contributed by atoms with Crippen LogP contribution in [0.5, 0.6) is 11.5 Å². The minimum absolute atomic E-state index is 0.00756. The van der Waals surface area contributed by atoms with Crippen molar-refractivity contribution in [1.29, 1.82) is 0 Å². The normalized spacial score (nSPS) is 10.3. The molecule has 0 bridgehead atoms. The molecule has 4 nitrogen and oxygen atoms in total. The van der Waals surface area contributed by atoms with Gasteiger partial charge in [0, 0.05) is 5.56 Å². The number of rotatable bonds is 6. The molecule has 0 amide bonds. The number of halogens is 1. The zero-order chi connectivity index (χ0) is 16.1. The van der Waals surface area contributed by atoms with Crippen molar-refractivity contribution in [1.82, 2.24) is 0 Å². The number of hydrogen-bond acceptors (Lipinski definition) is 3. The highest BCUT2D eigenvalue weighted by Crippen LogP contribution is 2.32. The lowest BCUT2D eigenvalue weighted by Crippen LogP contribution is -2.04. The van der Waals surface area contributed by atoms with E-state index in [-0.39, 0.29) is 22.6 Å². The Morgan fingerprint density at radius 1 is 1.23 bits per heavy atom. The quantitative estimate of drug-likeness (QED) is 0.876. The van der Waals surface area contributed by atoms with Gasteiger partial charge in [-0.15, -0.1) is 0 Å². The van der Waals surface area contributed by atoms with Gasteiger partial charge in [-0.1, -0.05) is 25.1 Å². The molecule has 0 aliphatic carbocycles. The van der Waals surface area contributed by atoms with E-state index in [1.807, 2.05) is 6.92 Å². The van der Waals surface area contributed by atoms with Crippen molar-refractivity contribution in [2.75, 3.05) is 13.7 Å². The molecule has 0 spiro atoms. The van der Waals surface area contributed by atoms with Gasteiger partial charge in [-0.3, -0.25) is 0 Å². The van der Waals surface area contributed by atoms with Gasteiger partial charge in [0.1, 0.15) is 11.3 Å². The number of aromatic carboxylic acids is 1. The monoisotopic (exact) mass is 304 g/mol.